The van der Waals surface area contributed by atoms with Crippen molar-refractivity contribution in [1.82, 2.24) is 0 Å². The van der Waals surface area contributed by atoms with E-state index in [2.05, 4.69) is 79.0 Å². The van der Waals surface area contributed by atoms with Crippen molar-refractivity contribution >= 4 is 16.5 Å². The van der Waals surface area contributed by atoms with Gasteiger partial charge in [-0.1, -0.05) is 60.7 Å². The third-order valence-corrected chi connectivity index (χ3v) is 4.67. The summed E-state index contributed by atoms with van der Waals surface area (Å²) in [4.78, 5) is 0. The maximum absolute atomic E-state index is 3.62. The molecular weight excluding hydrogens is 254 g/mol. The average molecular weight is 273 g/mol. The van der Waals surface area contributed by atoms with Crippen molar-refractivity contribution in [2.75, 3.05) is 5.32 Å². The summed E-state index contributed by atoms with van der Waals surface area (Å²) in [5.74, 6) is 0.548. The summed E-state index contributed by atoms with van der Waals surface area (Å²) in [7, 11) is 0. The molecule has 1 aliphatic heterocycles. The van der Waals surface area contributed by atoms with Gasteiger partial charge in [0.1, 0.15) is 0 Å². The first-order valence-electron chi connectivity index (χ1n) is 7.65. The predicted octanol–water partition coefficient (Wildman–Crippen LogP) is 4.98. The third-order valence-electron chi connectivity index (χ3n) is 4.67. The molecule has 0 aliphatic carbocycles. The Kier molecular flexibility index (Phi) is 2.92. The zero-order valence-electron chi connectivity index (χ0n) is 12.2. The van der Waals surface area contributed by atoms with Crippen molar-refractivity contribution in [3.8, 4) is 0 Å². The van der Waals surface area contributed by atoms with Gasteiger partial charge in [-0.3, -0.25) is 0 Å². The molecule has 0 radical (unpaired) electrons. The Morgan fingerprint density at radius 1 is 0.857 bits per heavy atom. The highest BCUT2D eigenvalue weighted by Crippen LogP contribution is 2.38. The van der Waals surface area contributed by atoms with Crippen LogP contribution in [0.4, 0.5) is 5.69 Å². The molecule has 2 atom stereocenters. The number of para-hydroxylation sites is 1. The molecule has 1 aliphatic rings. The molecule has 0 amide bonds. The summed E-state index contributed by atoms with van der Waals surface area (Å²) in [5, 5.41) is 6.34. The quantitative estimate of drug-likeness (QED) is 0.694. The molecule has 4 rings (SSSR count). The number of fused-ring (bicyclic) bond motifs is 2. The van der Waals surface area contributed by atoms with Crippen LogP contribution >= 0.6 is 0 Å². The maximum Gasteiger partial charge on any atom is 0.0378 e. The Balaban J connectivity index is 1.75. The first kappa shape index (κ1) is 12.5. The fraction of sp³-hybridized carbons (Fsp3) is 0.200. The van der Waals surface area contributed by atoms with Crippen molar-refractivity contribution < 1.29 is 0 Å². The van der Waals surface area contributed by atoms with E-state index in [1.807, 2.05) is 0 Å². The van der Waals surface area contributed by atoms with E-state index in [1.54, 1.807) is 0 Å². The molecule has 104 valence electrons. The molecule has 1 heteroatoms. The van der Waals surface area contributed by atoms with Crippen LogP contribution in [0.1, 0.15) is 24.0 Å². The molecule has 0 aromatic heterocycles. The lowest BCUT2D eigenvalue weighted by Gasteiger charge is -2.17. The number of hydrogen-bond acceptors (Lipinski definition) is 1. The molecule has 0 saturated carbocycles. The van der Waals surface area contributed by atoms with Crippen LogP contribution in [-0.4, -0.2) is 6.04 Å². The monoisotopic (exact) mass is 273 g/mol. The van der Waals surface area contributed by atoms with Crippen LogP contribution in [0.15, 0.2) is 66.7 Å². The van der Waals surface area contributed by atoms with Gasteiger partial charge < -0.3 is 5.32 Å². The Bertz CT molecular complexity index is 785. The zero-order chi connectivity index (χ0) is 14.2. The van der Waals surface area contributed by atoms with E-state index in [-0.39, 0.29) is 0 Å². The highest BCUT2D eigenvalue weighted by atomic mass is 15.0. The second-order valence-electron chi connectivity index (χ2n) is 5.97. The van der Waals surface area contributed by atoms with Crippen LogP contribution < -0.4 is 5.32 Å². The normalized spacial score (nSPS) is 20.2. The van der Waals surface area contributed by atoms with Gasteiger partial charge in [0, 0.05) is 17.6 Å². The Morgan fingerprint density at radius 3 is 2.57 bits per heavy atom. The Morgan fingerprint density at radius 2 is 1.62 bits per heavy atom. The maximum atomic E-state index is 3.62. The van der Waals surface area contributed by atoms with Crippen molar-refractivity contribution in [3.63, 3.8) is 0 Å². The van der Waals surface area contributed by atoms with Crippen molar-refractivity contribution in [1.29, 1.82) is 0 Å². The second-order valence-corrected chi connectivity index (χ2v) is 5.97. The summed E-state index contributed by atoms with van der Waals surface area (Å²) >= 11 is 0. The SMILES string of the molecule is CC1Nc2ccccc2C1Cc1cccc2ccccc12. The van der Waals surface area contributed by atoms with Crippen LogP contribution in [0.5, 0.6) is 0 Å². The summed E-state index contributed by atoms with van der Waals surface area (Å²) in [6.07, 6.45) is 1.09. The number of rotatable bonds is 2. The molecule has 0 bridgehead atoms. The van der Waals surface area contributed by atoms with Crippen LogP contribution in [0.2, 0.25) is 0 Å². The lowest BCUT2D eigenvalue weighted by molar-refractivity contribution is 0.631. The average Bonchev–Trinajstić information content (AvgIpc) is 2.84. The molecule has 1 N–H and O–H groups in total. The molecule has 0 saturated heterocycles. The Labute approximate surface area is 125 Å². The highest BCUT2D eigenvalue weighted by Gasteiger charge is 2.28. The summed E-state index contributed by atoms with van der Waals surface area (Å²) in [6.45, 7) is 2.29. The molecule has 21 heavy (non-hydrogen) atoms. The van der Waals surface area contributed by atoms with Gasteiger partial charge in [-0.05, 0) is 41.3 Å². The standard InChI is InChI=1S/C20H19N/c1-14-19(18-11-4-5-12-20(18)21-14)13-16-9-6-8-15-7-2-3-10-17(15)16/h2-12,14,19,21H,13H2,1H3. The molecule has 0 fully saturated rings. The summed E-state index contributed by atoms with van der Waals surface area (Å²) < 4.78 is 0. The molecule has 3 aromatic carbocycles. The molecule has 1 nitrogen and oxygen atoms in total. The Hall–Kier alpha value is -2.28. The van der Waals surface area contributed by atoms with Crippen molar-refractivity contribution in [2.45, 2.75) is 25.3 Å². The first-order chi connectivity index (χ1) is 10.3. The van der Waals surface area contributed by atoms with Gasteiger partial charge >= 0.3 is 0 Å². The minimum atomic E-state index is 0.487. The number of hydrogen-bond donors (Lipinski definition) is 1. The van der Waals surface area contributed by atoms with E-state index in [9.17, 15) is 0 Å². The highest BCUT2D eigenvalue weighted by molar-refractivity contribution is 5.85. The molecule has 2 unspecified atom stereocenters. The molecule has 3 aromatic rings. The second kappa shape index (κ2) is 4.92. The van der Waals surface area contributed by atoms with Crippen LogP contribution in [0.3, 0.4) is 0 Å². The van der Waals surface area contributed by atoms with Gasteiger partial charge in [-0.2, -0.15) is 0 Å². The van der Waals surface area contributed by atoms with Crippen molar-refractivity contribution in [3.05, 3.63) is 77.9 Å². The minimum absolute atomic E-state index is 0.487. The fourth-order valence-corrected chi connectivity index (χ4v) is 3.56. The van der Waals surface area contributed by atoms with Gasteiger partial charge in [0.05, 0.1) is 0 Å². The lowest BCUT2D eigenvalue weighted by atomic mass is 9.87. The van der Waals surface area contributed by atoms with Gasteiger partial charge in [-0.15, -0.1) is 0 Å². The smallest absolute Gasteiger partial charge is 0.0378 e. The first-order valence-corrected chi connectivity index (χ1v) is 7.65. The van der Waals surface area contributed by atoms with Gasteiger partial charge in [0.25, 0.3) is 0 Å². The number of nitrogens with one attached hydrogen (secondary N) is 1. The summed E-state index contributed by atoms with van der Waals surface area (Å²) in [5.41, 5.74) is 4.21. The van der Waals surface area contributed by atoms with Crippen molar-refractivity contribution in [2.24, 2.45) is 0 Å². The number of benzene rings is 3. The molecule has 0 spiro atoms. The number of anilines is 1. The van der Waals surface area contributed by atoms with Gasteiger partial charge in [0.15, 0.2) is 0 Å². The molecular formula is C20H19N. The fourth-order valence-electron chi connectivity index (χ4n) is 3.56. The van der Waals surface area contributed by atoms with Gasteiger partial charge in [0.2, 0.25) is 0 Å². The molecule has 1 heterocycles. The van der Waals surface area contributed by atoms with Gasteiger partial charge in [-0.25, -0.2) is 0 Å². The lowest BCUT2D eigenvalue weighted by Crippen LogP contribution is -2.17. The van der Waals surface area contributed by atoms with Crippen LogP contribution in [-0.2, 0) is 6.42 Å². The third kappa shape index (κ3) is 2.09. The summed E-state index contributed by atoms with van der Waals surface area (Å²) in [6, 6.07) is 24.5. The largest absolute Gasteiger partial charge is 0.382 e. The van der Waals surface area contributed by atoms with Crippen LogP contribution in [0, 0.1) is 0 Å². The van der Waals surface area contributed by atoms with E-state index in [1.165, 1.54) is 27.6 Å². The van der Waals surface area contributed by atoms with E-state index < -0.39 is 0 Å². The van der Waals surface area contributed by atoms with E-state index in [0.29, 0.717) is 12.0 Å². The van der Waals surface area contributed by atoms with Crippen LogP contribution in [0.25, 0.3) is 10.8 Å². The van der Waals surface area contributed by atoms with E-state index >= 15 is 0 Å². The topological polar surface area (TPSA) is 12.0 Å². The van der Waals surface area contributed by atoms with E-state index in [0.717, 1.165) is 6.42 Å². The zero-order valence-corrected chi connectivity index (χ0v) is 12.2. The predicted molar refractivity (Wildman–Crippen MR) is 89.9 cm³/mol. The minimum Gasteiger partial charge on any atom is -0.382 e. The van der Waals surface area contributed by atoms with E-state index in [4.69, 9.17) is 0 Å².